The first kappa shape index (κ1) is 43.9. The van der Waals surface area contributed by atoms with E-state index in [2.05, 4.69) is 8.62 Å². The molecule has 0 rings (SSSR count). The van der Waals surface area contributed by atoms with Crippen molar-refractivity contribution in [2.24, 2.45) is 0 Å². The van der Waals surface area contributed by atoms with Crippen LogP contribution in [0.25, 0.3) is 0 Å². The van der Waals surface area contributed by atoms with Gasteiger partial charge in [-0.15, -0.1) is 0 Å². The normalized spacial score (nSPS) is 19.1. The summed E-state index contributed by atoms with van der Waals surface area (Å²) in [7, 11) is -21.5. The summed E-state index contributed by atoms with van der Waals surface area (Å²) < 4.78 is 43.4. The molecule has 23 heavy (non-hydrogen) atoms. The van der Waals surface area contributed by atoms with Crippen molar-refractivity contribution in [2.75, 3.05) is 0 Å². The second-order valence-corrected chi connectivity index (χ2v) is 7.09. The van der Waals surface area contributed by atoms with E-state index in [0.29, 0.717) is 0 Å². The standard InChI is InChI=1S/Mn.2H3N.2H4O7P2.2H2O/c;;;2*1-8(2,3)7-9(4,5)6;;/h;2*1H3;2*(H2,1,2,3)(H2,4,5,6);2*1H2/q+2;;;;;;. The van der Waals surface area contributed by atoms with Gasteiger partial charge < -0.3 is 62.4 Å². The summed E-state index contributed by atoms with van der Waals surface area (Å²) in [4.78, 5) is 68.3. The molecule has 4 atom stereocenters. The Labute approximate surface area is 138 Å². The molecule has 0 aromatic heterocycles. The topological polar surface area (TPSA) is 399 Å². The van der Waals surface area contributed by atoms with Crippen molar-refractivity contribution in [3.63, 3.8) is 0 Å². The molecule has 149 valence electrons. The van der Waals surface area contributed by atoms with E-state index in [-0.39, 0.29) is 40.3 Å². The van der Waals surface area contributed by atoms with Gasteiger partial charge in [-0.3, -0.25) is 18.3 Å². The van der Waals surface area contributed by atoms with E-state index in [4.69, 9.17) is 19.6 Å². The van der Waals surface area contributed by atoms with E-state index < -0.39 is 31.3 Å². The molecule has 0 aliphatic heterocycles. The van der Waals surface area contributed by atoms with Gasteiger partial charge in [0.2, 0.25) is 0 Å². The molecular formula is H18MnN2O16P4+2. The number of quaternary nitrogens is 2. The van der Waals surface area contributed by atoms with Gasteiger partial charge in [-0.2, -0.15) is 0 Å². The largest absolute Gasteiger partial charge is 2.00 e. The minimum atomic E-state index is -5.36. The monoisotopic (exact) mass is 481 g/mol. The molecule has 4 unspecified atom stereocenters. The second kappa shape index (κ2) is 15.2. The van der Waals surface area contributed by atoms with Crippen molar-refractivity contribution in [2.45, 2.75) is 0 Å². The maximum atomic E-state index is 9.48. The van der Waals surface area contributed by atoms with Gasteiger partial charge in [-0.1, -0.05) is 0 Å². The Kier molecular flexibility index (Phi) is 28.9. The van der Waals surface area contributed by atoms with Gasteiger partial charge in [0.1, 0.15) is 0 Å². The molecule has 0 spiro atoms. The molecule has 0 aromatic rings. The number of hydrogen-bond acceptors (Lipinski definition) is 10. The van der Waals surface area contributed by atoms with Crippen LogP contribution < -0.4 is 31.9 Å². The van der Waals surface area contributed by atoms with Crippen molar-refractivity contribution >= 4 is 31.3 Å². The Morgan fingerprint density at radius 1 is 0.565 bits per heavy atom. The summed E-state index contributed by atoms with van der Waals surface area (Å²) in [6, 6.07) is 0. The van der Waals surface area contributed by atoms with E-state index in [1.807, 2.05) is 0 Å². The van der Waals surface area contributed by atoms with Crippen molar-refractivity contribution < 1.29 is 94.0 Å². The van der Waals surface area contributed by atoms with Crippen molar-refractivity contribution in [3.8, 4) is 0 Å². The minimum Gasteiger partial charge on any atom is -0.756 e. The van der Waals surface area contributed by atoms with E-state index in [0.717, 1.165) is 0 Å². The molecule has 0 saturated heterocycles. The van der Waals surface area contributed by atoms with Gasteiger partial charge in [0.05, 0.1) is 0 Å². The van der Waals surface area contributed by atoms with Crippen LogP contribution in [0.15, 0.2) is 0 Å². The van der Waals surface area contributed by atoms with Crippen molar-refractivity contribution in [1.29, 1.82) is 0 Å². The Bertz CT molecular complexity index is 353. The maximum absolute atomic E-state index is 9.48. The maximum Gasteiger partial charge on any atom is 2.00 e. The third-order valence-electron chi connectivity index (χ3n) is 0.413. The first-order valence-electron chi connectivity index (χ1n) is 2.99. The average Bonchev–Trinajstić information content (AvgIpc) is 1.64. The minimum absolute atomic E-state index is 0. The van der Waals surface area contributed by atoms with Crippen molar-refractivity contribution in [3.05, 3.63) is 0 Å². The van der Waals surface area contributed by atoms with E-state index >= 15 is 0 Å². The van der Waals surface area contributed by atoms with Crippen LogP contribution in [-0.4, -0.2) is 19.6 Å². The number of rotatable bonds is 4. The Hall–Kier alpha value is 0.879. The molecule has 0 bridgehead atoms. The summed E-state index contributed by atoms with van der Waals surface area (Å²) in [5, 5.41) is 0. The van der Waals surface area contributed by atoms with Crippen LogP contribution in [-0.2, 0) is 54.9 Å². The fourth-order valence-electron chi connectivity index (χ4n) is 0.261. The second-order valence-electron chi connectivity index (χ2n) is 2.04. The van der Waals surface area contributed by atoms with E-state index in [1.165, 1.54) is 0 Å². The van der Waals surface area contributed by atoms with Crippen LogP contribution in [0.3, 0.4) is 0 Å². The zero-order valence-corrected chi connectivity index (χ0v) is 16.0. The van der Waals surface area contributed by atoms with Gasteiger partial charge in [-0.05, 0) is 0 Å². The molecule has 0 aliphatic rings. The average molecular weight is 481 g/mol. The molecule has 0 aromatic carbocycles. The van der Waals surface area contributed by atoms with E-state index in [9.17, 15) is 37.8 Å². The molecule has 0 aliphatic carbocycles. The summed E-state index contributed by atoms with van der Waals surface area (Å²) in [5.41, 5.74) is 0. The van der Waals surface area contributed by atoms with Gasteiger partial charge >= 0.3 is 17.1 Å². The SMILES string of the molecule is O=P([O-])(O)OP(=O)([O-])O.O=P([O-])(O)OP(=O)([O-])O.[Mn+2].[NH4+].[NH4+].[OH3+].[OH3+]. The first-order chi connectivity index (χ1) is 7.41. The van der Waals surface area contributed by atoms with Gasteiger partial charge in [0.15, 0.2) is 0 Å². The predicted octanol–water partition coefficient (Wildman–Crippen LogP) is -5.25. The van der Waals surface area contributed by atoms with Crippen LogP contribution in [0.4, 0.5) is 0 Å². The molecular weight excluding hydrogens is 463 g/mol. The number of hydrogen-bond donors (Lipinski definition) is 6. The Morgan fingerprint density at radius 2 is 0.652 bits per heavy atom. The predicted molar refractivity (Wildman–Crippen MR) is 63.2 cm³/mol. The third-order valence-corrected chi connectivity index (χ3v) is 3.71. The molecule has 0 fully saturated rings. The number of phosphoric acid groups is 4. The van der Waals surface area contributed by atoms with Gasteiger partial charge in [0, 0.05) is 0 Å². The quantitative estimate of drug-likeness (QED) is 0.124. The summed E-state index contributed by atoms with van der Waals surface area (Å²) in [5.74, 6) is 0. The van der Waals surface area contributed by atoms with Gasteiger partial charge in [0.25, 0.3) is 31.3 Å². The molecule has 0 heterocycles. The fourth-order valence-corrected chi connectivity index (χ4v) is 2.35. The van der Waals surface area contributed by atoms with Crippen LogP contribution in [0.5, 0.6) is 0 Å². The molecule has 0 saturated carbocycles. The van der Waals surface area contributed by atoms with Crippen LogP contribution in [0, 0.1) is 0 Å². The fraction of sp³-hybridized carbons (Fsp3) is 0. The van der Waals surface area contributed by atoms with E-state index in [1.54, 1.807) is 0 Å². The Balaban J connectivity index is -0.0000000366. The van der Waals surface area contributed by atoms with Gasteiger partial charge in [-0.25, -0.2) is 8.62 Å². The molecule has 18 nitrogen and oxygen atoms in total. The zero-order chi connectivity index (χ0) is 15.4. The molecule has 1 radical (unpaired) electrons. The summed E-state index contributed by atoms with van der Waals surface area (Å²) in [6.45, 7) is 0. The smallest absolute Gasteiger partial charge is 0.756 e. The third kappa shape index (κ3) is 60.1. The van der Waals surface area contributed by atoms with Crippen LogP contribution in [0.1, 0.15) is 0 Å². The van der Waals surface area contributed by atoms with Crippen LogP contribution in [0.2, 0.25) is 0 Å². The summed E-state index contributed by atoms with van der Waals surface area (Å²) >= 11 is 0. The molecule has 23 heteroatoms. The molecule has 18 N–H and O–H groups in total. The Morgan fingerprint density at radius 3 is 0.652 bits per heavy atom. The van der Waals surface area contributed by atoms with Crippen LogP contribution >= 0.6 is 31.3 Å². The first-order valence-corrected chi connectivity index (χ1v) is 8.97. The van der Waals surface area contributed by atoms with Crippen molar-refractivity contribution in [1.82, 2.24) is 12.3 Å². The summed E-state index contributed by atoms with van der Waals surface area (Å²) in [6.07, 6.45) is 0. The molecule has 0 amide bonds. The zero-order valence-electron chi connectivity index (χ0n) is 11.2.